The Bertz CT molecular complexity index is 654. The van der Waals surface area contributed by atoms with Gasteiger partial charge < -0.3 is 15.0 Å². The third-order valence-corrected chi connectivity index (χ3v) is 4.07. The van der Waals surface area contributed by atoms with Crippen LogP contribution in [0.4, 0.5) is 10.5 Å². The van der Waals surface area contributed by atoms with Crippen molar-refractivity contribution in [2.24, 2.45) is 0 Å². The van der Waals surface area contributed by atoms with Crippen LogP contribution >= 0.6 is 0 Å². The maximum atomic E-state index is 11.8. The number of rotatable bonds is 3. The van der Waals surface area contributed by atoms with Crippen LogP contribution in [-0.2, 0) is 6.42 Å². The highest BCUT2D eigenvalue weighted by molar-refractivity contribution is 5.91. The Morgan fingerprint density at radius 1 is 1.55 bits per heavy atom. The third-order valence-electron chi connectivity index (χ3n) is 4.07. The van der Waals surface area contributed by atoms with Crippen molar-refractivity contribution in [2.75, 3.05) is 25.6 Å². The van der Waals surface area contributed by atoms with E-state index in [0.29, 0.717) is 12.5 Å². The zero-order chi connectivity index (χ0) is 15.5. The number of anilines is 1. The fourth-order valence-corrected chi connectivity index (χ4v) is 2.81. The first-order chi connectivity index (χ1) is 10.7. The van der Waals surface area contributed by atoms with Gasteiger partial charge in [0.1, 0.15) is 5.75 Å². The Hall–Kier alpha value is -2.50. The minimum Gasteiger partial charge on any atom is -0.493 e. The van der Waals surface area contributed by atoms with Gasteiger partial charge >= 0.3 is 6.03 Å². The predicted molar refractivity (Wildman–Crippen MR) is 84.4 cm³/mol. The molecule has 2 aromatic rings. The van der Waals surface area contributed by atoms with E-state index in [1.165, 1.54) is 0 Å². The highest BCUT2D eigenvalue weighted by Crippen LogP contribution is 2.37. The van der Waals surface area contributed by atoms with Crippen LogP contribution in [0.15, 0.2) is 30.7 Å². The number of aromatic amines is 1. The van der Waals surface area contributed by atoms with Gasteiger partial charge in [0.2, 0.25) is 0 Å². The van der Waals surface area contributed by atoms with Crippen LogP contribution in [0, 0.1) is 0 Å². The maximum Gasteiger partial charge on any atom is 0.321 e. The minimum absolute atomic E-state index is 0.138. The van der Waals surface area contributed by atoms with E-state index < -0.39 is 0 Å². The van der Waals surface area contributed by atoms with Gasteiger partial charge in [0, 0.05) is 26.0 Å². The molecule has 0 radical (unpaired) electrons. The van der Waals surface area contributed by atoms with E-state index >= 15 is 0 Å². The number of fused-ring (bicyclic) bond motifs is 1. The van der Waals surface area contributed by atoms with Gasteiger partial charge in [-0.25, -0.2) is 9.78 Å². The van der Waals surface area contributed by atoms with E-state index in [4.69, 9.17) is 4.74 Å². The Morgan fingerprint density at radius 2 is 2.41 bits per heavy atom. The number of aromatic nitrogens is 2. The molecule has 1 atom stereocenters. The smallest absolute Gasteiger partial charge is 0.321 e. The van der Waals surface area contributed by atoms with Crippen LogP contribution in [0.25, 0.3) is 0 Å². The van der Waals surface area contributed by atoms with Crippen molar-refractivity contribution in [3.63, 3.8) is 0 Å². The van der Waals surface area contributed by atoms with E-state index in [2.05, 4.69) is 15.3 Å². The molecule has 1 aromatic carbocycles. The Kier molecular flexibility index (Phi) is 4.00. The normalized spacial score (nSPS) is 16.5. The van der Waals surface area contributed by atoms with Crippen LogP contribution < -0.4 is 15.0 Å². The molecule has 0 spiro atoms. The lowest BCUT2D eigenvalue weighted by Gasteiger charge is -2.27. The van der Waals surface area contributed by atoms with Gasteiger partial charge in [0.05, 0.1) is 18.6 Å². The molecular formula is C16H20N4O2. The monoisotopic (exact) mass is 300 g/mol. The fourth-order valence-electron chi connectivity index (χ4n) is 2.81. The maximum absolute atomic E-state index is 11.8. The first-order valence-electron chi connectivity index (χ1n) is 7.39. The summed E-state index contributed by atoms with van der Waals surface area (Å²) in [7, 11) is 3.38. The number of hydrogen-bond donors (Lipinski definition) is 2. The number of hydrogen-bond acceptors (Lipinski definition) is 3. The van der Waals surface area contributed by atoms with Gasteiger partial charge in [-0.15, -0.1) is 0 Å². The second-order valence-electron chi connectivity index (χ2n) is 5.44. The molecule has 0 saturated carbocycles. The summed E-state index contributed by atoms with van der Waals surface area (Å²) in [6, 6.07) is 5.76. The largest absolute Gasteiger partial charge is 0.493 e. The molecule has 1 aliphatic rings. The first kappa shape index (κ1) is 14.4. The molecule has 2 N–H and O–H groups in total. The lowest BCUT2D eigenvalue weighted by Crippen LogP contribution is -2.34. The molecule has 1 aliphatic heterocycles. The quantitative estimate of drug-likeness (QED) is 0.913. The number of amides is 2. The Balaban J connectivity index is 1.89. The van der Waals surface area contributed by atoms with Gasteiger partial charge in [0.25, 0.3) is 0 Å². The zero-order valence-corrected chi connectivity index (χ0v) is 12.8. The van der Waals surface area contributed by atoms with Crippen molar-refractivity contribution in [1.82, 2.24) is 15.3 Å². The van der Waals surface area contributed by atoms with Gasteiger partial charge in [-0.05, 0) is 42.5 Å². The molecule has 3 rings (SSSR count). The Morgan fingerprint density at radius 3 is 3.14 bits per heavy atom. The van der Waals surface area contributed by atoms with Crippen molar-refractivity contribution in [3.05, 3.63) is 42.0 Å². The summed E-state index contributed by atoms with van der Waals surface area (Å²) in [5, 5.41) is 2.63. The summed E-state index contributed by atoms with van der Waals surface area (Å²) < 4.78 is 5.75. The molecule has 116 valence electrons. The van der Waals surface area contributed by atoms with Crippen molar-refractivity contribution >= 4 is 11.7 Å². The van der Waals surface area contributed by atoms with Crippen LogP contribution in [0.1, 0.15) is 23.6 Å². The SMILES string of the molecule is CNC(=O)N(C)c1ccc2c(c1)C(Cc1c[nH]cn1)CCO2. The number of carbonyl (C=O) groups excluding carboxylic acids is 1. The standard InChI is InChI=1S/C16H20N4O2/c1-17-16(21)20(2)13-3-4-15-14(8-13)11(5-6-22-15)7-12-9-18-10-19-12/h3-4,8-11H,5-7H2,1-2H3,(H,17,21)(H,18,19). The van der Waals surface area contributed by atoms with Crippen LogP contribution in [0.5, 0.6) is 5.75 Å². The number of nitrogens with zero attached hydrogens (tertiary/aromatic N) is 2. The molecule has 22 heavy (non-hydrogen) atoms. The lowest BCUT2D eigenvalue weighted by atomic mass is 9.89. The first-order valence-corrected chi connectivity index (χ1v) is 7.39. The highest BCUT2D eigenvalue weighted by atomic mass is 16.5. The van der Waals surface area contributed by atoms with Crippen molar-refractivity contribution in [1.29, 1.82) is 0 Å². The van der Waals surface area contributed by atoms with Crippen molar-refractivity contribution < 1.29 is 9.53 Å². The number of ether oxygens (including phenoxy) is 1. The van der Waals surface area contributed by atoms with Gasteiger partial charge in [-0.2, -0.15) is 0 Å². The van der Waals surface area contributed by atoms with E-state index in [1.54, 1.807) is 25.3 Å². The average molecular weight is 300 g/mol. The topological polar surface area (TPSA) is 70.2 Å². The number of urea groups is 1. The molecule has 1 unspecified atom stereocenters. The van der Waals surface area contributed by atoms with Gasteiger partial charge in [-0.3, -0.25) is 4.90 Å². The second kappa shape index (κ2) is 6.09. The average Bonchev–Trinajstić information content (AvgIpc) is 3.06. The predicted octanol–water partition coefficient (Wildman–Crippen LogP) is 2.29. The summed E-state index contributed by atoms with van der Waals surface area (Å²) in [6.45, 7) is 0.715. The van der Waals surface area contributed by atoms with Crippen molar-refractivity contribution in [2.45, 2.75) is 18.8 Å². The summed E-state index contributed by atoms with van der Waals surface area (Å²) in [5.74, 6) is 1.26. The van der Waals surface area contributed by atoms with E-state index in [9.17, 15) is 4.79 Å². The highest BCUT2D eigenvalue weighted by Gasteiger charge is 2.24. The molecule has 0 fully saturated rings. The zero-order valence-electron chi connectivity index (χ0n) is 12.8. The van der Waals surface area contributed by atoms with E-state index in [0.717, 1.165) is 35.5 Å². The number of H-pyrrole nitrogens is 1. The number of benzene rings is 1. The number of carbonyl (C=O) groups is 1. The summed E-state index contributed by atoms with van der Waals surface area (Å²) >= 11 is 0. The summed E-state index contributed by atoms with van der Waals surface area (Å²) in [4.78, 5) is 20.7. The summed E-state index contributed by atoms with van der Waals surface area (Å²) in [6.07, 6.45) is 5.45. The summed E-state index contributed by atoms with van der Waals surface area (Å²) in [5.41, 5.74) is 3.04. The molecule has 0 bridgehead atoms. The molecule has 6 heteroatoms. The fraction of sp³-hybridized carbons (Fsp3) is 0.375. The molecule has 0 saturated heterocycles. The molecule has 2 heterocycles. The molecule has 2 amide bonds. The molecule has 1 aromatic heterocycles. The Labute approximate surface area is 129 Å². The number of imidazole rings is 1. The molecule has 0 aliphatic carbocycles. The number of nitrogens with one attached hydrogen (secondary N) is 2. The second-order valence-corrected chi connectivity index (χ2v) is 5.44. The van der Waals surface area contributed by atoms with Crippen LogP contribution in [0.2, 0.25) is 0 Å². The van der Waals surface area contributed by atoms with Gasteiger partial charge in [0.15, 0.2) is 0 Å². The molecular weight excluding hydrogens is 280 g/mol. The van der Waals surface area contributed by atoms with Crippen LogP contribution in [-0.4, -0.2) is 36.7 Å². The van der Waals surface area contributed by atoms with E-state index in [1.807, 2.05) is 24.4 Å². The minimum atomic E-state index is -0.138. The van der Waals surface area contributed by atoms with E-state index in [-0.39, 0.29) is 6.03 Å². The lowest BCUT2D eigenvalue weighted by molar-refractivity contribution is 0.249. The van der Waals surface area contributed by atoms with Crippen molar-refractivity contribution in [3.8, 4) is 5.75 Å². The van der Waals surface area contributed by atoms with Gasteiger partial charge in [-0.1, -0.05) is 0 Å². The third kappa shape index (κ3) is 2.77. The molecule has 6 nitrogen and oxygen atoms in total. The van der Waals surface area contributed by atoms with Crippen LogP contribution in [0.3, 0.4) is 0 Å².